The Labute approximate surface area is 141 Å². The molecule has 0 saturated carbocycles. The van der Waals surface area contributed by atoms with Gasteiger partial charge in [-0.3, -0.25) is 4.90 Å². The molecule has 0 N–H and O–H groups in total. The van der Waals surface area contributed by atoms with Crippen molar-refractivity contribution in [1.82, 2.24) is 9.21 Å². The molecule has 132 valence electrons. The first-order chi connectivity index (χ1) is 11.4. The quantitative estimate of drug-likeness (QED) is 0.816. The van der Waals surface area contributed by atoms with Crippen molar-refractivity contribution in [3.05, 3.63) is 35.6 Å². The summed E-state index contributed by atoms with van der Waals surface area (Å²) in [6.07, 6.45) is 2.70. The molecule has 1 aromatic carbocycles. The fraction of sp³-hybridized carbons (Fsp3) is 0.562. The average Bonchev–Trinajstić information content (AvgIpc) is 2.84. The zero-order chi connectivity index (χ0) is 17.2. The van der Waals surface area contributed by atoms with Gasteiger partial charge in [0.1, 0.15) is 11.9 Å². The largest absolute Gasteiger partial charge is 0.390 e. The van der Waals surface area contributed by atoms with Gasteiger partial charge in [-0.1, -0.05) is 17.3 Å². The Morgan fingerprint density at radius 1 is 1.21 bits per heavy atom. The van der Waals surface area contributed by atoms with E-state index in [1.807, 2.05) is 0 Å². The Hall–Kier alpha value is -1.51. The van der Waals surface area contributed by atoms with E-state index in [1.165, 1.54) is 22.7 Å². The highest BCUT2D eigenvalue weighted by Gasteiger charge is 2.27. The first kappa shape index (κ1) is 17.3. The summed E-state index contributed by atoms with van der Waals surface area (Å²) in [5, 5.41) is 4.12. The van der Waals surface area contributed by atoms with Crippen LogP contribution in [0.25, 0.3) is 0 Å². The molecule has 1 unspecified atom stereocenters. The van der Waals surface area contributed by atoms with Gasteiger partial charge < -0.3 is 4.84 Å². The van der Waals surface area contributed by atoms with Gasteiger partial charge in [0, 0.05) is 32.6 Å². The molecule has 8 heteroatoms. The summed E-state index contributed by atoms with van der Waals surface area (Å²) in [5.74, 6) is -0.269. The third kappa shape index (κ3) is 4.31. The van der Waals surface area contributed by atoms with E-state index in [1.54, 1.807) is 12.1 Å². The Kier molecular flexibility index (Phi) is 5.17. The Morgan fingerprint density at radius 3 is 2.67 bits per heavy atom. The predicted octanol–water partition coefficient (Wildman–Crippen LogP) is 1.29. The van der Waals surface area contributed by atoms with Crippen molar-refractivity contribution < 1.29 is 17.6 Å². The molecule has 0 aliphatic carbocycles. The molecule has 6 nitrogen and oxygen atoms in total. The van der Waals surface area contributed by atoms with Crippen molar-refractivity contribution in [3.63, 3.8) is 0 Å². The van der Waals surface area contributed by atoms with Gasteiger partial charge >= 0.3 is 0 Å². The van der Waals surface area contributed by atoms with E-state index in [4.69, 9.17) is 4.84 Å². The molecule has 1 fully saturated rings. The maximum absolute atomic E-state index is 13.0. The molecule has 0 aromatic heterocycles. The molecule has 2 heterocycles. The minimum Gasteiger partial charge on any atom is -0.390 e. The van der Waals surface area contributed by atoms with Crippen LogP contribution in [-0.2, 0) is 14.9 Å². The van der Waals surface area contributed by atoms with E-state index in [0.29, 0.717) is 32.6 Å². The fourth-order valence-electron chi connectivity index (χ4n) is 3.09. The summed E-state index contributed by atoms with van der Waals surface area (Å²) >= 11 is 0. The van der Waals surface area contributed by atoms with E-state index in [-0.39, 0.29) is 11.9 Å². The van der Waals surface area contributed by atoms with Gasteiger partial charge in [-0.25, -0.2) is 17.1 Å². The van der Waals surface area contributed by atoms with E-state index in [9.17, 15) is 12.8 Å². The van der Waals surface area contributed by atoms with Gasteiger partial charge in [0.2, 0.25) is 10.0 Å². The van der Waals surface area contributed by atoms with Gasteiger partial charge in [-0.05, 0) is 30.7 Å². The number of oxime groups is 1. The van der Waals surface area contributed by atoms with Crippen molar-refractivity contribution >= 4 is 15.7 Å². The van der Waals surface area contributed by atoms with Gasteiger partial charge in [-0.15, -0.1) is 0 Å². The molecule has 0 spiro atoms. The second-order valence-electron chi connectivity index (χ2n) is 6.29. The lowest BCUT2D eigenvalue weighted by atomic mass is 10.0. The van der Waals surface area contributed by atoms with Crippen LogP contribution in [0.5, 0.6) is 0 Å². The number of nitrogens with zero attached hydrogens (tertiary/aromatic N) is 3. The fourth-order valence-corrected chi connectivity index (χ4v) is 3.96. The summed E-state index contributed by atoms with van der Waals surface area (Å²) in [7, 11) is -3.13. The first-order valence-electron chi connectivity index (χ1n) is 8.08. The lowest BCUT2D eigenvalue weighted by molar-refractivity contribution is 0.0540. The van der Waals surface area contributed by atoms with Crippen LogP contribution >= 0.6 is 0 Å². The van der Waals surface area contributed by atoms with Crippen LogP contribution in [-0.4, -0.2) is 68.4 Å². The molecule has 2 aliphatic heterocycles. The van der Waals surface area contributed by atoms with Crippen LogP contribution in [0.3, 0.4) is 0 Å². The number of sulfonamides is 1. The van der Waals surface area contributed by atoms with Gasteiger partial charge in [0.05, 0.1) is 12.0 Å². The summed E-state index contributed by atoms with van der Waals surface area (Å²) in [6, 6.07) is 6.24. The highest BCUT2D eigenvalue weighted by molar-refractivity contribution is 7.88. The number of hydrogen-bond donors (Lipinski definition) is 0. The molecular formula is C16H22FN3O3S. The molecule has 24 heavy (non-hydrogen) atoms. The van der Waals surface area contributed by atoms with Crippen molar-refractivity contribution in [2.24, 2.45) is 5.16 Å². The maximum Gasteiger partial charge on any atom is 0.211 e. The van der Waals surface area contributed by atoms with Crippen LogP contribution in [0.2, 0.25) is 0 Å². The maximum atomic E-state index is 13.0. The second kappa shape index (κ2) is 7.16. The van der Waals surface area contributed by atoms with Crippen LogP contribution in [0.1, 0.15) is 18.4 Å². The first-order valence-corrected chi connectivity index (χ1v) is 9.93. The molecule has 1 atom stereocenters. The summed E-state index contributed by atoms with van der Waals surface area (Å²) in [5.41, 5.74) is 1.70. The number of halogens is 1. The van der Waals surface area contributed by atoms with E-state index >= 15 is 0 Å². The lowest BCUT2D eigenvalue weighted by Gasteiger charge is -2.22. The van der Waals surface area contributed by atoms with Crippen molar-refractivity contribution in [2.45, 2.75) is 18.9 Å². The standard InChI is InChI=1S/C16H22FN3O3S/c1-24(21,22)20-8-2-7-19(9-10-20)12-15-11-16(18-23-15)13-3-5-14(17)6-4-13/h3-6,15H,2,7-12H2,1H3. The van der Waals surface area contributed by atoms with Crippen molar-refractivity contribution in [2.75, 3.05) is 39.0 Å². The van der Waals surface area contributed by atoms with Crippen LogP contribution in [0.4, 0.5) is 4.39 Å². The molecule has 1 saturated heterocycles. The van der Waals surface area contributed by atoms with Crippen LogP contribution in [0, 0.1) is 5.82 Å². The molecule has 0 radical (unpaired) electrons. The normalized spacial score (nSPS) is 23.6. The zero-order valence-electron chi connectivity index (χ0n) is 13.7. The minimum atomic E-state index is -3.13. The summed E-state index contributed by atoms with van der Waals surface area (Å²) in [6.45, 7) is 3.33. The Morgan fingerprint density at radius 2 is 1.96 bits per heavy atom. The van der Waals surface area contributed by atoms with E-state index in [2.05, 4.69) is 10.1 Å². The van der Waals surface area contributed by atoms with Gasteiger partial charge in [0.25, 0.3) is 0 Å². The monoisotopic (exact) mass is 355 g/mol. The predicted molar refractivity (Wildman–Crippen MR) is 89.9 cm³/mol. The number of benzene rings is 1. The van der Waals surface area contributed by atoms with Gasteiger partial charge in [-0.2, -0.15) is 0 Å². The molecular weight excluding hydrogens is 333 g/mol. The molecule has 2 aliphatic rings. The molecule has 1 aromatic rings. The summed E-state index contributed by atoms with van der Waals surface area (Å²) < 4.78 is 37.8. The topological polar surface area (TPSA) is 62.2 Å². The third-order valence-electron chi connectivity index (χ3n) is 4.39. The molecule has 0 amide bonds. The van der Waals surface area contributed by atoms with Crippen molar-refractivity contribution in [1.29, 1.82) is 0 Å². The summed E-state index contributed by atoms with van der Waals surface area (Å²) in [4.78, 5) is 7.73. The van der Waals surface area contributed by atoms with Crippen LogP contribution in [0.15, 0.2) is 29.4 Å². The van der Waals surface area contributed by atoms with Crippen molar-refractivity contribution in [3.8, 4) is 0 Å². The minimum absolute atomic E-state index is 0.0464. The lowest BCUT2D eigenvalue weighted by Crippen LogP contribution is -2.37. The highest BCUT2D eigenvalue weighted by atomic mass is 32.2. The van der Waals surface area contributed by atoms with Crippen LogP contribution < -0.4 is 0 Å². The zero-order valence-corrected chi connectivity index (χ0v) is 14.5. The van der Waals surface area contributed by atoms with E-state index < -0.39 is 10.0 Å². The molecule has 0 bridgehead atoms. The molecule has 3 rings (SSSR count). The Balaban J connectivity index is 1.52. The van der Waals surface area contributed by atoms with E-state index in [0.717, 1.165) is 24.2 Å². The average molecular weight is 355 g/mol. The second-order valence-corrected chi connectivity index (χ2v) is 8.28. The number of rotatable bonds is 4. The van der Waals surface area contributed by atoms with Gasteiger partial charge in [0.15, 0.2) is 0 Å². The Bertz CT molecular complexity index is 706. The highest BCUT2D eigenvalue weighted by Crippen LogP contribution is 2.19. The third-order valence-corrected chi connectivity index (χ3v) is 5.69. The SMILES string of the molecule is CS(=O)(=O)N1CCCN(CC2CC(c3ccc(F)cc3)=NO2)CC1. The number of hydrogen-bond acceptors (Lipinski definition) is 5. The smallest absolute Gasteiger partial charge is 0.211 e.